The summed E-state index contributed by atoms with van der Waals surface area (Å²) in [6.45, 7) is 10.8. The monoisotopic (exact) mass is 796 g/mol. The molecular weight excluding hydrogens is 746 g/mol. The van der Waals surface area contributed by atoms with Crippen LogP contribution in [0.5, 0.6) is 0 Å². The molecule has 4 heterocycles. The van der Waals surface area contributed by atoms with Gasteiger partial charge in [-0.05, 0) is 109 Å². The molecule has 12 nitrogen and oxygen atoms in total. The first kappa shape index (κ1) is 41.6. The maximum atomic E-state index is 13.7. The molecule has 0 radical (unpaired) electrons. The van der Waals surface area contributed by atoms with Crippen LogP contribution in [-0.4, -0.2) is 98.7 Å². The number of thiol groups is 1. The minimum atomic E-state index is -4.79. The Balaban J connectivity index is 0.941. The number of alkyl halides is 3. The Morgan fingerprint density at radius 2 is 1.71 bits per heavy atom. The van der Waals surface area contributed by atoms with Crippen LogP contribution >= 0.6 is 12.6 Å². The number of hydrogen-bond acceptors (Lipinski definition) is 10. The molecule has 1 aromatic carbocycles. The van der Waals surface area contributed by atoms with Gasteiger partial charge in [0.1, 0.15) is 11.6 Å². The lowest BCUT2D eigenvalue weighted by molar-refractivity contribution is -0.138. The number of pyridine rings is 1. The predicted molar refractivity (Wildman–Crippen MR) is 207 cm³/mol. The number of carbonyl (C=O) groups is 4. The van der Waals surface area contributed by atoms with E-state index in [2.05, 4.69) is 39.3 Å². The number of imide groups is 1. The summed E-state index contributed by atoms with van der Waals surface area (Å²) < 4.78 is 41.1. The molecular formula is C40H51F3N8O4S. The summed E-state index contributed by atoms with van der Waals surface area (Å²) in [5.74, 6) is -0.821. The van der Waals surface area contributed by atoms with Crippen molar-refractivity contribution in [2.24, 2.45) is 5.92 Å². The summed E-state index contributed by atoms with van der Waals surface area (Å²) in [5.41, 5.74) is -2.23. The van der Waals surface area contributed by atoms with Gasteiger partial charge in [-0.15, -0.1) is 12.6 Å². The smallest absolute Gasteiger partial charge is 0.325 e. The van der Waals surface area contributed by atoms with Gasteiger partial charge in [0.2, 0.25) is 23.6 Å². The molecule has 1 saturated carbocycles. The van der Waals surface area contributed by atoms with Gasteiger partial charge >= 0.3 is 6.18 Å². The number of halogens is 3. The lowest BCUT2D eigenvalue weighted by atomic mass is 9.81. The highest BCUT2D eigenvalue weighted by Gasteiger charge is 2.54. The third-order valence-corrected chi connectivity index (χ3v) is 12.5. The minimum Gasteiger partial charge on any atom is -0.325 e. The molecule has 1 aliphatic carbocycles. The fraction of sp³-hybridized carbons (Fsp3) is 0.600. The Morgan fingerprint density at radius 1 is 1.05 bits per heavy atom. The summed E-state index contributed by atoms with van der Waals surface area (Å²) in [4.78, 5) is 62.1. The Morgan fingerprint density at radius 3 is 2.32 bits per heavy atom. The van der Waals surface area contributed by atoms with E-state index in [4.69, 9.17) is 17.9 Å². The Labute approximate surface area is 331 Å². The highest BCUT2D eigenvalue weighted by atomic mass is 32.1. The van der Waals surface area contributed by atoms with E-state index >= 15 is 0 Å². The lowest BCUT2D eigenvalue weighted by Gasteiger charge is -2.44. The molecule has 2 unspecified atom stereocenters. The van der Waals surface area contributed by atoms with Crippen LogP contribution in [0.4, 0.5) is 24.5 Å². The van der Waals surface area contributed by atoms with Crippen molar-refractivity contribution in [3.63, 3.8) is 0 Å². The Hall–Kier alpha value is -4.04. The maximum absolute atomic E-state index is 13.7. The second-order valence-electron chi connectivity index (χ2n) is 16.3. The summed E-state index contributed by atoms with van der Waals surface area (Å²) in [6, 6.07) is 9.96. The molecule has 6 rings (SSSR count). The minimum absolute atomic E-state index is 0.0334. The number of piperazine rings is 1. The van der Waals surface area contributed by atoms with Gasteiger partial charge in [0, 0.05) is 43.3 Å². The van der Waals surface area contributed by atoms with E-state index < -0.39 is 28.5 Å². The van der Waals surface area contributed by atoms with Gasteiger partial charge in [-0.2, -0.15) is 18.4 Å². The molecule has 56 heavy (non-hydrogen) atoms. The summed E-state index contributed by atoms with van der Waals surface area (Å²) >= 11 is 4.76. The molecule has 2 aromatic rings. The zero-order valence-corrected chi connectivity index (χ0v) is 33.2. The van der Waals surface area contributed by atoms with Gasteiger partial charge in [-0.1, -0.05) is 12.1 Å². The molecule has 4 aliphatic rings. The fourth-order valence-electron chi connectivity index (χ4n) is 9.16. The second-order valence-corrected chi connectivity index (χ2v) is 16.8. The second kappa shape index (κ2) is 16.8. The zero-order valence-electron chi connectivity index (χ0n) is 32.3. The van der Waals surface area contributed by atoms with Gasteiger partial charge in [0.15, 0.2) is 5.69 Å². The number of rotatable bonds is 10. The molecule has 4 amide bonds. The fourth-order valence-corrected chi connectivity index (χ4v) is 9.88. The van der Waals surface area contributed by atoms with Gasteiger partial charge in [0.25, 0.3) is 0 Å². The molecule has 0 spiro atoms. The van der Waals surface area contributed by atoms with E-state index in [1.165, 1.54) is 11.0 Å². The molecule has 302 valence electrons. The number of carbonyl (C=O) groups excluding carboxylic acids is 4. The lowest BCUT2D eigenvalue weighted by Crippen LogP contribution is -2.58. The van der Waals surface area contributed by atoms with Crippen molar-refractivity contribution in [3.8, 4) is 6.07 Å². The van der Waals surface area contributed by atoms with Crippen LogP contribution in [0.15, 0.2) is 36.5 Å². The third kappa shape index (κ3) is 8.91. The van der Waals surface area contributed by atoms with Gasteiger partial charge < -0.3 is 10.2 Å². The van der Waals surface area contributed by atoms with Crippen molar-refractivity contribution < 1.29 is 32.3 Å². The average Bonchev–Trinajstić information content (AvgIpc) is 3.32. The first-order valence-electron chi connectivity index (χ1n) is 19.5. The summed E-state index contributed by atoms with van der Waals surface area (Å²) in [7, 11) is 0. The van der Waals surface area contributed by atoms with Crippen LogP contribution in [0.2, 0.25) is 0 Å². The largest absolute Gasteiger partial charge is 0.419 e. The number of anilines is 2. The molecule has 1 aromatic heterocycles. The maximum Gasteiger partial charge on any atom is 0.419 e. The summed E-state index contributed by atoms with van der Waals surface area (Å²) in [6.07, 6.45) is 2.93. The van der Waals surface area contributed by atoms with Crippen molar-refractivity contribution in [2.45, 2.75) is 120 Å². The van der Waals surface area contributed by atoms with E-state index in [-0.39, 0.29) is 59.9 Å². The van der Waals surface area contributed by atoms with Crippen molar-refractivity contribution in [1.82, 2.24) is 25.0 Å². The number of nitrogens with zero attached hydrogens (tertiary/aromatic N) is 6. The van der Waals surface area contributed by atoms with Crippen LogP contribution in [0, 0.1) is 17.2 Å². The number of piperidine rings is 1. The first-order chi connectivity index (χ1) is 26.5. The van der Waals surface area contributed by atoms with Crippen LogP contribution in [-0.2, 0) is 25.4 Å². The van der Waals surface area contributed by atoms with E-state index in [1.807, 2.05) is 17.0 Å². The Kier molecular flexibility index (Phi) is 12.5. The van der Waals surface area contributed by atoms with Gasteiger partial charge in [-0.3, -0.25) is 39.2 Å². The van der Waals surface area contributed by atoms with Crippen molar-refractivity contribution in [3.05, 3.63) is 53.3 Å². The van der Waals surface area contributed by atoms with E-state index in [0.717, 1.165) is 76.0 Å². The molecule has 0 bridgehead atoms. The topological polar surface area (TPSA) is 142 Å². The number of aromatic nitrogens is 1. The molecule has 3 aliphatic heterocycles. The van der Waals surface area contributed by atoms with E-state index in [1.54, 1.807) is 26.0 Å². The van der Waals surface area contributed by atoms with Crippen molar-refractivity contribution in [1.29, 1.82) is 5.26 Å². The predicted octanol–water partition coefficient (Wildman–Crippen LogP) is 5.51. The number of hydrogen-bond donors (Lipinski definition) is 3. The van der Waals surface area contributed by atoms with Crippen LogP contribution in [0.25, 0.3) is 0 Å². The molecule has 2 N–H and O–H groups in total. The van der Waals surface area contributed by atoms with Gasteiger partial charge in [-0.25, -0.2) is 4.98 Å². The average molecular weight is 797 g/mol. The van der Waals surface area contributed by atoms with Crippen molar-refractivity contribution >= 4 is 47.6 Å². The number of amides is 4. The highest BCUT2D eigenvalue weighted by Crippen LogP contribution is 2.43. The van der Waals surface area contributed by atoms with Crippen molar-refractivity contribution in [2.75, 3.05) is 36.4 Å². The SMILES string of the molecule is C[C@@H]1CN(CCCC2CCC(N3C(S)N(c4cnc(C#N)c(C(F)(F)F)c4)C(=O)C3(C)C)CC2)C[C@H](C)N1CC(=O)Nc1ccc(C2CCC(=O)NC2=O)cc1. The normalized spacial score (nSPS) is 27.9. The van der Waals surface area contributed by atoms with Gasteiger partial charge in [0.05, 0.1) is 35.4 Å². The quantitative estimate of drug-likeness (QED) is 0.210. The standard InChI is InChI=1S/C40H51F3N8O4S/c1-24-21-48(22-25(2)49(24)23-35(53)46-28-11-9-27(10-12-28)31-15-16-34(52)47-36(31)54)17-5-6-26-7-13-29(14-8-26)51-38(56)50(37(55)39(51,3)4)30-18-32(40(41,42)43)33(19-44)45-20-30/h9-12,18,20,24-26,29,31,38,56H,5-8,13-17,21-23H2,1-4H3,(H,46,53)(H,47,52,54)/t24-,25+,26?,29?,31?,38?. The molecule has 16 heteroatoms. The summed E-state index contributed by atoms with van der Waals surface area (Å²) in [5, 5.41) is 14.5. The number of nitrogens with one attached hydrogen (secondary N) is 2. The molecule has 4 fully saturated rings. The van der Waals surface area contributed by atoms with Crippen LogP contribution < -0.4 is 15.5 Å². The van der Waals surface area contributed by atoms with Crippen LogP contribution in [0.1, 0.15) is 102 Å². The molecule has 3 saturated heterocycles. The Bertz CT molecular complexity index is 1830. The third-order valence-electron chi connectivity index (χ3n) is 12.1. The van der Waals surface area contributed by atoms with E-state index in [0.29, 0.717) is 24.4 Å². The van der Waals surface area contributed by atoms with E-state index in [9.17, 15) is 32.3 Å². The first-order valence-corrected chi connectivity index (χ1v) is 20.0. The number of nitriles is 1. The number of benzene rings is 1. The zero-order chi connectivity index (χ0) is 40.5. The molecule has 4 atom stereocenters. The highest BCUT2D eigenvalue weighted by molar-refractivity contribution is 7.81. The van der Waals surface area contributed by atoms with Crippen LogP contribution in [0.3, 0.4) is 0 Å².